The third-order valence-corrected chi connectivity index (χ3v) is 5.08. The maximum absolute atomic E-state index is 12.4. The van der Waals surface area contributed by atoms with Gasteiger partial charge in [-0.3, -0.25) is 9.78 Å². The largest absolute Gasteiger partial charge is 0.325 e. The highest BCUT2D eigenvalue weighted by atomic mass is 32.2. The number of nitrogens with one attached hydrogen (secondary N) is 1. The molecule has 2 aromatic heterocycles. The molecular weight excluding hydrogens is 342 g/mol. The number of pyridine rings is 2. The molecule has 0 aliphatic carbocycles. The number of thioether (sulfide) groups is 1. The second kappa shape index (κ2) is 7.14. The Hall–Kier alpha value is -2.92. The minimum Gasteiger partial charge on any atom is -0.325 e. The van der Waals surface area contributed by atoms with Gasteiger partial charge < -0.3 is 5.32 Å². The third kappa shape index (κ3) is 3.39. The van der Waals surface area contributed by atoms with Gasteiger partial charge in [0.1, 0.15) is 0 Å². The van der Waals surface area contributed by atoms with Gasteiger partial charge in [0.2, 0.25) is 5.91 Å². The van der Waals surface area contributed by atoms with E-state index in [4.69, 9.17) is 0 Å². The van der Waals surface area contributed by atoms with E-state index in [0.29, 0.717) is 5.75 Å². The number of hydrogen-bond acceptors (Lipinski definition) is 4. The zero-order valence-electron chi connectivity index (χ0n) is 14.3. The number of carbonyl (C=O) groups is 1. The standard InChI is InChI=1S/C21H17N3OS/c1-14-12-21(24-18-8-3-2-6-15(14)18)26-13-20(25)23-19-10-4-9-17-16(19)7-5-11-22-17/h2-12H,13H2,1H3,(H,23,25). The Bertz CT molecular complexity index is 1110. The molecule has 5 heteroatoms. The van der Waals surface area contributed by atoms with Crippen molar-refractivity contribution in [2.45, 2.75) is 11.9 Å². The second-order valence-corrected chi connectivity index (χ2v) is 7.00. The number of amides is 1. The second-order valence-electron chi connectivity index (χ2n) is 6.01. The lowest BCUT2D eigenvalue weighted by Crippen LogP contribution is -2.14. The van der Waals surface area contributed by atoms with Crippen molar-refractivity contribution in [2.24, 2.45) is 0 Å². The van der Waals surface area contributed by atoms with Crippen molar-refractivity contribution in [1.82, 2.24) is 9.97 Å². The minimum absolute atomic E-state index is 0.0565. The first kappa shape index (κ1) is 16.5. The Labute approximate surface area is 155 Å². The molecule has 0 radical (unpaired) electrons. The van der Waals surface area contributed by atoms with Crippen LogP contribution in [0.3, 0.4) is 0 Å². The molecule has 4 rings (SSSR count). The number of carbonyl (C=O) groups excluding carboxylic acids is 1. The Morgan fingerprint density at radius 2 is 1.81 bits per heavy atom. The van der Waals surface area contributed by atoms with E-state index >= 15 is 0 Å². The summed E-state index contributed by atoms with van der Waals surface area (Å²) in [6.07, 6.45) is 1.75. The molecule has 0 spiro atoms. The summed E-state index contributed by atoms with van der Waals surface area (Å²) in [5.41, 5.74) is 3.77. The fourth-order valence-corrected chi connectivity index (χ4v) is 3.70. The van der Waals surface area contributed by atoms with E-state index < -0.39 is 0 Å². The number of nitrogens with zero attached hydrogens (tertiary/aromatic N) is 2. The summed E-state index contributed by atoms with van der Waals surface area (Å²) >= 11 is 1.44. The summed E-state index contributed by atoms with van der Waals surface area (Å²) in [5, 5.41) is 5.92. The zero-order valence-corrected chi connectivity index (χ0v) is 15.1. The topological polar surface area (TPSA) is 54.9 Å². The van der Waals surface area contributed by atoms with Gasteiger partial charge >= 0.3 is 0 Å². The van der Waals surface area contributed by atoms with E-state index in [1.54, 1.807) is 6.20 Å². The predicted octanol–water partition coefficient (Wildman–Crippen LogP) is 4.82. The zero-order chi connectivity index (χ0) is 17.9. The first-order valence-electron chi connectivity index (χ1n) is 8.33. The van der Waals surface area contributed by atoms with Gasteiger partial charge in [0.25, 0.3) is 0 Å². The number of hydrogen-bond donors (Lipinski definition) is 1. The van der Waals surface area contributed by atoms with Crippen LogP contribution in [0, 0.1) is 6.92 Å². The highest BCUT2D eigenvalue weighted by Crippen LogP contribution is 2.25. The molecule has 128 valence electrons. The van der Waals surface area contributed by atoms with E-state index in [9.17, 15) is 4.79 Å². The van der Waals surface area contributed by atoms with Crippen LogP contribution >= 0.6 is 11.8 Å². The summed E-state index contributed by atoms with van der Waals surface area (Å²) in [5.74, 6) is 0.250. The van der Waals surface area contributed by atoms with Crippen LogP contribution in [0.15, 0.2) is 71.9 Å². The van der Waals surface area contributed by atoms with E-state index in [0.717, 1.165) is 32.5 Å². The number of rotatable bonds is 4. The van der Waals surface area contributed by atoms with Gasteiger partial charge in [-0.2, -0.15) is 0 Å². The molecule has 26 heavy (non-hydrogen) atoms. The average Bonchev–Trinajstić information content (AvgIpc) is 2.67. The lowest BCUT2D eigenvalue weighted by atomic mass is 10.1. The van der Waals surface area contributed by atoms with Gasteiger partial charge in [-0.05, 0) is 48.9 Å². The fourth-order valence-electron chi connectivity index (χ4n) is 2.93. The summed E-state index contributed by atoms with van der Waals surface area (Å²) in [7, 11) is 0. The summed E-state index contributed by atoms with van der Waals surface area (Å²) in [4.78, 5) is 21.4. The van der Waals surface area contributed by atoms with Gasteiger partial charge in [-0.1, -0.05) is 36.0 Å². The van der Waals surface area contributed by atoms with E-state index in [2.05, 4.69) is 28.3 Å². The number of para-hydroxylation sites is 1. The lowest BCUT2D eigenvalue weighted by molar-refractivity contribution is -0.113. The summed E-state index contributed by atoms with van der Waals surface area (Å²) in [6.45, 7) is 2.07. The van der Waals surface area contributed by atoms with Crippen molar-refractivity contribution in [2.75, 3.05) is 11.1 Å². The Morgan fingerprint density at radius 3 is 2.73 bits per heavy atom. The van der Waals surface area contributed by atoms with E-state index in [1.807, 2.05) is 54.6 Å². The average molecular weight is 359 g/mol. The van der Waals surface area contributed by atoms with Crippen LogP contribution in [0.25, 0.3) is 21.8 Å². The molecule has 0 atom stereocenters. The third-order valence-electron chi connectivity index (χ3n) is 4.17. The molecule has 2 heterocycles. The monoisotopic (exact) mass is 359 g/mol. The van der Waals surface area contributed by atoms with Crippen molar-refractivity contribution >= 4 is 45.2 Å². The van der Waals surface area contributed by atoms with Crippen LogP contribution in [0.1, 0.15) is 5.56 Å². The van der Waals surface area contributed by atoms with Gasteiger partial charge in [0, 0.05) is 17.0 Å². The van der Waals surface area contributed by atoms with Crippen molar-refractivity contribution in [3.8, 4) is 0 Å². The molecule has 1 N–H and O–H groups in total. The molecular formula is C21H17N3OS. The van der Waals surface area contributed by atoms with Crippen LogP contribution in [-0.2, 0) is 4.79 Å². The predicted molar refractivity (Wildman–Crippen MR) is 108 cm³/mol. The highest BCUT2D eigenvalue weighted by Gasteiger charge is 2.09. The first-order valence-corrected chi connectivity index (χ1v) is 9.32. The van der Waals surface area contributed by atoms with E-state index in [1.165, 1.54) is 17.3 Å². The van der Waals surface area contributed by atoms with Crippen LogP contribution in [0.5, 0.6) is 0 Å². The molecule has 1 amide bonds. The summed E-state index contributed by atoms with van der Waals surface area (Å²) in [6, 6.07) is 19.6. The SMILES string of the molecule is Cc1cc(SCC(=O)Nc2cccc3ncccc23)nc2ccccc12. The van der Waals surface area contributed by atoms with Gasteiger partial charge in [0.15, 0.2) is 0 Å². The van der Waals surface area contributed by atoms with Crippen LogP contribution in [0.4, 0.5) is 5.69 Å². The molecule has 0 bridgehead atoms. The number of benzene rings is 2. The van der Waals surface area contributed by atoms with Crippen LogP contribution < -0.4 is 5.32 Å². The van der Waals surface area contributed by atoms with Gasteiger partial charge in [-0.15, -0.1) is 0 Å². The molecule has 4 aromatic rings. The van der Waals surface area contributed by atoms with Crippen LogP contribution in [-0.4, -0.2) is 21.6 Å². The molecule has 0 fully saturated rings. The molecule has 0 aliphatic heterocycles. The van der Waals surface area contributed by atoms with Gasteiger partial charge in [-0.25, -0.2) is 4.98 Å². The number of anilines is 1. The Balaban J connectivity index is 1.49. The lowest BCUT2D eigenvalue weighted by Gasteiger charge is -2.09. The van der Waals surface area contributed by atoms with Crippen molar-refractivity contribution in [1.29, 1.82) is 0 Å². The highest BCUT2D eigenvalue weighted by molar-refractivity contribution is 7.99. The van der Waals surface area contributed by atoms with Gasteiger partial charge in [0.05, 0.1) is 27.5 Å². The Morgan fingerprint density at radius 1 is 1.00 bits per heavy atom. The molecule has 4 nitrogen and oxygen atoms in total. The number of aryl methyl sites for hydroxylation is 1. The van der Waals surface area contributed by atoms with Crippen molar-refractivity contribution < 1.29 is 4.79 Å². The maximum Gasteiger partial charge on any atom is 0.234 e. The normalized spacial score (nSPS) is 11.0. The molecule has 0 aliphatic rings. The maximum atomic E-state index is 12.4. The summed E-state index contributed by atoms with van der Waals surface area (Å²) < 4.78 is 0. The van der Waals surface area contributed by atoms with Crippen LogP contribution in [0.2, 0.25) is 0 Å². The molecule has 2 aromatic carbocycles. The Kier molecular flexibility index (Phi) is 4.54. The molecule has 0 unspecified atom stereocenters. The van der Waals surface area contributed by atoms with Crippen molar-refractivity contribution in [3.05, 3.63) is 72.4 Å². The van der Waals surface area contributed by atoms with Crippen molar-refractivity contribution in [3.63, 3.8) is 0 Å². The fraction of sp³-hybridized carbons (Fsp3) is 0.0952. The molecule has 0 saturated carbocycles. The first-order chi connectivity index (χ1) is 12.7. The minimum atomic E-state index is -0.0565. The number of fused-ring (bicyclic) bond motifs is 2. The quantitative estimate of drug-likeness (QED) is 0.531. The number of aromatic nitrogens is 2. The smallest absolute Gasteiger partial charge is 0.234 e. The van der Waals surface area contributed by atoms with E-state index in [-0.39, 0.29) is 5.91 Å². The molecule has 0 saturated heterocycles.